The number of sulfone groups is 1. The van der Waals surface area contributed by atoms with Gasteiger partial charge in [-0.05, 0) is 12.1 Å². The molecule has 0 aliphatic carbocycles. The molecule has 8 heteroatoms. The van der Waals surface area contributed by atoms with E-state index in [1.165, 1.54) is 10.3 Å². The van der Waals surface area contributed by atoms with E-state index in [4.69, 9.17) is 4.52 Å². The molecule has 0 saturated heterocycles. The number of aromatic nitrogens is 2. The molecule has 1 aliphatic rings. The van der Waals surface area contributed by atoms with Crippen molar-refractivity contribution in [2.45, 2.75) is 13.0 Å². The Labute approximate surface area is 139 Å². The molecule has 3 rings (SSSR count). The lowest BCUT2D eigenvalue weighted by Gasteiger charge is -2.16. The molecule has 0 saturated carbocycles. The zero-order valence-electron chi connectivity index (χ0n) is 13.1. The average molecular weight is 347 g/mol. The second kappa shape index (κ2) is 6.56. The highest BCUT2D eigenvalue weighted by molar-refractivity contribution is 7.94. The molecule has 0 radical (unpaired) electrons. The topological polar surface area (TPSA) is 93.4 Å². The van der Waals surface area contributed by atoms with Crippen LogP contribution < -0.4 is 0 Å². The molecule has 0 bridgehead atoms. The van der Waals surface area contributed by atoms with Crippen LogP contribution in [0.3, 0.4) is 0 Å². The molecule has 2 aromatic heterocycles. The molecule has 126 valence electrons. The average Bonchev–Trinajstić information content (AvgIpc) is 3.14. The highest BCUT2D eigenvalue weighted by atomic mass is 32.2. The van der Waals surface area contributed by atoms with Crippen LogP contribution in [0.4, 0.5) is 0 Å². The highest BCUT2D eigenvalue weighted by Crippen LogP contribution is 2.20. The van der Waals surface area contributed by atoms with E-state index < -0.39 is 9.84 Å². The molecular weight excluding hydrogens is 330 g/mol. The van der Waals surface area contributed by atoms with Gasteiger partial charge >= 0.3 is 0 Å². The Morgan fingerprint density at radius 3 is 2.88 bits per heavy atom. The third-order valence-electron chi connectivity index (χ3n) is 3.75. The van der Waals surface area contributed by atoms with Gasteiger partial charge in [0.1, 0.15) is 5.69 Å². The van der Waals surface area contributed by atoms with Crippen LogP contribution in [-0.2, 0) is 21.2 Å². The van der Waals surface area contributed by atoms with E-state index >= 15 is 0 Å². The van der Waals surface area contributed by atoms with Crippen molar-refractivity contribution in [1.29, 1.82) is 0 Å². The van der Waals surface area contributed by atoms with E-state index in [9.17, 15) is 13.2 Å². The maximum Gasteiger partial charge on any atom is 0.223 e. The van der Waals surface area contributed by atoms with Crippen molar-refractivity contribution in [3.63, 3.8) is 0 Å². The van der Waals surface area contributed by atoms with Gasteiger partial charge in [0, 0.05) is 37.1 Å². The van der Waals surface area contributed by atoms with Crippen LogP contribution in [0.5, 0.6) is 0 Å². The first kappa shape index (κ1) is 16.4. The Balaban J connectivity index is 1.59. The Kier molecular flexibility index (Phi) is 4.48. The second-order valence-electron chi connectivity index (χ2n) is 5.77. The van der Waals surface area contributed by atoms with Crippen LogP contribution in [0.1, 0.15) is 12.2 Å². The molecule has 1 amide bonds. The van der Waals surface area contributed by atoms with Gasteiger partial charge in [0.25, 0.3) is 0 Å². The fourth-order valence-electron chi connectivity index (χ4n) is 2.49. The van der Waals surface area contributed by atoms with Crippen molar-refractivity contribution in [2.75, 3.05) is 12.8 Å². The Hall–Kier alpha value is -2.48. The number of rotatable bonds is 5. The number of allylic oxidation sites excluding steroid dienone is 1. The number of hydrogen-bond donors (Lipinski definition) is 0. The van der Waals surface area contributed by atoms with E-state index in [1.54, 1.807) is 25.4 Å². The summed E-state index contributed by atoms with van der Waals surface area (Å²) in [6.45, 7) is 0.266. The van der Waals surface area contributed by atoms with Gasteiger partial charge in [-0.25, -0.2) is 8.42 Å². The molecule has 0 fully saturated rings. The quantitative estimate of drug-likeness (QED) is 0.816. The lowest BCUT2D eigenvalue weighted by atomic mass is 10.1. The fraction of sp³-hybridized carbons (Fsp3) is 0.312. The maximum absolute atomic E-state index is 12.2. The van der Waals surface area contributed by atoms with Gasteiger partial charge in [-0.3, -0.25) is 9.78 Å². The lowest BCUT2D eigenvalue weighted by molar-refractivity contribution is -0.131. The summed E-state index contributed by atoms with van der Waals surface area (Å²) in [4.78, 5) is 17.9. The van der Waals surface area contributed by atoms with Crippen LogP contribution in [0.15, 0.2) is 46.5 Å². The predicted octanol–water partition coefficient (Wildman–Crippen LogP) is 1.64. The Bertz CT molecular complexity index is 858. The molecule has 0 aromatic carbocycles. The summed E-state index contributed by atoms with van der Waals surface area (Å²) in [5.74, 6) is 0.140. The summed E-state index contributed by atoms with van der Waals surface area (Å²) in [7, 11) is -1.49. The third-order valence-corrected chi connectivity index (χ3v) is 5.21. The fourth-order valence-corrected chi connectivity index (χ4v) is 3.89. The number of amides is 1. The van der Waals surface area contributed by atoms with Gasteiger partial charge in [0.05, 0.1) is 18.0 Å². The largest absolute Gasteiger partial charge is 0.359 e. The Morgan fingerprint density at radius 2 is 2.21 bits per heavy atom. The van der Waals surface area contributed by atoms with Crippen LogP contribution in [0.2, 0.25) is 0 Å². The molecular formula is C16H17N3O4S. The predicted molar refractivity (Wildman–Crippen MR) is 87.2 cm³/mol. The maximum atomic E-state index is 12.2. The number of hydrogen-bond acceptors (Lipinski definition) is 6. The summed E-state index contributed by atoms with van der Waals surface area (Å²) < 4.78 is 28.0. The number of nitrogens with zero attached hydrogens (tertiary/aromatic N) is 3. The zero-order valence-corrected chi connectivity index (χ0v) is 13.9. The van der Waals surface area contributed by atoms with Gasteiger partial charge in [-0.15, -0.1) is 0 Å². The van der Waals surface area contributed by atoms with Crippen molar-refractivity contribution in [3.8, 4) is 11.4 Å². The van der Waals surface area contributed by atoms with Gasteiger partial charge < -0.3 is 9.42 Å². The van der Waals surface area contributed by atoms with Gasteiger partial charge in [0.2, 0.25) is 5.91 Å². The van der Waals surface area contributed by atoms with Crippen LogP contribution in [0, 0.1) is 5.92 Å². The molecule has 1 unspecified atom stereocenters. The highest BCUT2D eigenvalue weighted by Gasteiger charge is 2.25. The van der Waals surface area contributed by atoms with Crippen LogP contribution in [0.25, 0.3) is 11.4 Å². The van der Waals surface area contributed by atoms with Gasteiger partial charge in [-0.2, -0.15) is 0 Å². The standard InChI is InChI=1S/C16H17N3O4S/c1-19(16(20)8-12-5-7-24(21,22)11-12)10-13-9-15(18-23-13)14-4-2-3-6-17-14/h2-7,9,12H,8,10-11H2,1H3. The lowest BCUT2D eigenvalue weighted by Crippen LogP contribution is -2.28. The molecule has 3 heterocycles. The SMILES string of the molecule is CN(Cc1cc(-c2ccccn2)no1)C(=O)CC1C=CS(=O)(=O)C1. The first-order chi connectivity index (χ1) is 11.4. The number of carbonyl (C=O) groups excluding carboxylic acids is 1. The van der Waals surface area contributed by atoms with Crippen molar-refractivity contribution in [3.05, 3.63) is 47.7 Å². The summed E-state index contributed by atoms with van der Waals surface area (Å²) in [6.07, 6.45) is 3.41. The van der Waals surface area contributed by atoms with Crippen LogP contribution in [-0.4, -0.2) is 42.2 Å². The molecule has 24 heavy (non-hydrogen) atoms. The smallest absolute Gasteiger partial charge is 0.223 e. The minimum atomic E-state index is -3.14. The van der Waals surface area contributed by atoms with E-state index in [0.717, 1.165) is 0 Å². The van der Waals surface area contributed by atoms with E-state index in [-0.39, 0.29) is 30.5 Å². The second-order valence-corrected chi connectivity index (χ2v) is 7.70. The monoisotopic (exact) mass is 347 g/mol. The minimum Gasteiger partial charge on any atom is -0.359 e. The minimum absolute atomic E-state index is 0.00128. The molecule has 7 nitrogen and oxygen atoms in total. The van der Waals surface area contributed by atoms with Crippen molar-refractivity contribution < 1.29 is 17.7 Å². The first-order valence-electron chi connectivity index (χ1n) is 7.45. The van der Waals surface area contributed by atoms with Crippen molar-refractivity contribution >= 4 is 15.7 Å². The van der Waals surface area contributed by atoms with E-state index in [2.05, 4.69) is 10.1 Å². The molecule has 2 aromatic rings. The third kappa shape index (κ3) is 3.88. The molecule has 1 aliphatic heterocycles. The summed E-state index contributed by atoms with van der Waals surface area (Å²) >= 11 is 0. The van der Waals surface area contributed by atoms with E-state index in [1.807, 2.05) is 18.2 Å². The van der Waals surface area contributed by atoms with Gasteiger partial charge in [-0.1, -0.05) is 17.3 Å². The Morgan fingerprint density at radius 1 is 1.38 bits per heavy atom. The first-order valence-corrected chi connectivity index (χ1v) is 9.16. The molecule has 1 atom stereocenters. The summed E-state index contributed by atoms with van der Waals surface area (Å²) in [5, 5.41) is 5.14. The number of pyridine rings is 1. The normalized spacial score (nSPS) is 18.6. The molecule has 0 spiro atoms. The molecule has 0 N–H and O–H groups in total. The van der Waals surface area contributed by atoms with Crippen LogP contribution >= 0.6 is 0 Å². The van der Waals surface area contributed by atoms with Crippen molar-refractivity contribution in [2.24, 2.45) is 5.92 Å². The van der Waals surface area contributed by atoms with Gasteiger partial charge in [0.15, 0.2) is 15.6 Å². The zero-order chi connectivity index (χ0) is 17.2. The van der Waals surface area contributed by atoms with Crippen molar-refractivity contribution in [1.82, 2.24) is 15.0 Å². The summed E-state index contributed by atoms with van der Waals surface area (Å²) in [6, 6.07) is 7.24. The number of carbonyl (C=O) groups is 1. The summed E-state index contributed by atoms with van der Waals surface area (Å²) in [5.41, 5.74) is 1.30. The van der Waals surface area contributed by atoms with E-state index in [0.29, 0.717) is 17.1 Å².